The minimum atomic E-state index is -0.280. The zero-order valence-electron chi connectivity index (χ0n) is 11.7. The second-order valence-electron chi connectivity index (χ2n) is 4.81. The highest BCUT2D eigenvalue weighted by Gasteiger charge is 2.17. The van der Waals surface area contributed by atoms with Crippen molar-refractivity contribution in [1.29, 1.82) is 0 Å². The van der Waals surface area contributed by atoms with E-state index < -0.39 is 0 Å². The van der Waals surface area contributed by atoms with Crippen molar-refractivity contribution in [2.75, 3.05) is 6.54 Å². The molecule has 2 rings (SSSR count). The second-order valence-corrected chi connectivity index (χ2v) is 5.79. The average Bonchev–Trinajstić information content (AvgIpc) is 3.00. The Morgan fingerprint density at radius 3 is 2.62 bits per heavy atom. The summed E-state index contributed by atoms with van der Waals surface area (Å²) in [5.74, 6) is -0.288. The van der Waals surface area contributed by atoms with Gasteiger partial charge in [0.1, 0.15) is 5.82 Å². The normalized spacial score (nSPS) is 12.1. The van der Waals surface area contributed by atoms with Crippen molar-refractivity contribution in [1.82, 2.24) is 5.32 Å². The lowest BCUT2D eigenvalue weighted by Gasteiger charge is -2.18. The third-order valence-electron chi connectivity index (χ3n) is 3.19. The molecule has 0 saturated heterocycles. The van der Waals surface area contributed by atoms with Crippen LogP contribution >= 0.6 is 11.3 Å². The Morgan fingerprint density at radius 1 is 1.24 bits per heavy atom. The second kappa shape index (κ2) is 7.90. The smallest absolute Gasteiger partial charge is 0.220 e. The molecule has 0 spiro atoms. The van der Waals surface area contributed by atoms with Gasteiger partial charge < -0.3 is 11.1 Å². The molecular formula is C16H19FN2OS. The van der Waals surface area contributed by atoms with Crippen LogP contribution in [-0.2, 0) is 4.79 Å². The molecule has 3 N–H and O–H groups in total. The van der Waals surface area contributed by atoms with E-state index in [0.717, 1.165) is 23.3 Å². The van der Waals surface area contributed by atoms with E-state index >= 15 is 0 Å². The minimum absolute atomic E-state index is 0.00817. The lowest BCUT2D eigenvalue weighted by atomic mass is 10.0. The van der Waals surface area contributed by atoms with E-state index in [2.05, 4.69) is 5.32 Å². The molecule has 1 aromatic heterocycles. The van der Waals surface area contributed by atoms with Gasteiger partial charge in [0.05, 0.1) is 6.04 Å². The van der Waals surface area contributed by atoms with Crippen molar-refractivity contribution in [2.24, 2.45) is 5.73 Å². The third-order valence-corrected chi connectivity index (χ3v) is 4.13. The predicted octanol–water partition coefficient (Wildman–Crippen LogP) is 3.22. The van der Waals surface area contributed by atoms with Gasteiger partial charge in [0.2, 0.25) is 5.91 Å². The maximum Gasteiger partial charge on any atom is 0.220 e. The van der Waals surface area contributed by atoms with Gasteiger partial charge in [0.15, 0.2) is 0 Å². The number of halogens is 1. The lowest BCUT2D eigenvalue weighted by Crippen LogP contribution is -2.28. The molecule has 0 aliphatic carbocycles. The van der Waals surface area contributed by atoms with Gasteiger partial charge in [0.25, 0.3) is 0 Å². The van der Waals surface area contributed by atoms with Crippen LogP contribution in [0.2, 0.25) is 0 Å². The van der Waals surface area contributed by atoms with Crippen LogP contribution in [0.3, 0.4) is 0 Å². The van der Waals surface area contributed by atoms with Gasteiger partial charge >= 0.3 is 0 Å². The quantitative estimate of drug-likeness (QED) is 0.772. The summed E-state index contributed by atoms with van der Waals surface area (Å²) in [6, 6.07) is 9.93. The number of hydrogen-bond donors (Lipinski definition) is 2. The van der Waals surface area contributed by atoms with E-state index in [9.17, 15) is 9.18 Å². The minimum Gasteiger partial charge on any atom is -0.344 e. The van der Waals surface area contributed by atoms with Gasteiger partial charge in [-0.25, -0.2) is 4.39 Å². The number of unbranched alkanes of at least 4 members (excludes halogenated alkanes) is 1. The largest absolute Gasteiger partial charge is 0.344 e. The molecule has 5 heteroatoms. The van der Waals surface area contributed by atoms with E-state index in [0.29, 0.717) is 13.0 Å². The van der Waals surface area contributed by atoms with E-state index in [1.165, 1.54) is 12.1 Å². The summed E-state index contributed by atoms with van der Waals surface area (Å²) in [6.45, 7) is 0.597. The number of carbonyl (C=O) groups is 1. The monoisotopic (exact) mass is 306 g/mol. The van der Waals surface area contributed by atoms with Crippen LogP contribution in [0.4, 0.5) is 4.39 Å². The number of rotatable bonds is 7. The molecule has 0 saturated carbocycles. The molecular weight excluding hydrogens is 287 g/mol. The third kappa shape index (κ3) is 4.65. The molecule has 0 aliphatic rings. The SMILES string of the molecule is NCCCCC(=O)NC(c1ccc(F)cc1)c1cccs1. The first kappa shape index (κ1) is 15.7. The Hall–Kier alpha value is -1.72. The van der Waals surface area contributed by atoms with E-state index in [-0.39, 0.29) is 17.8 Å². The molecule has 2 aromatic rings. The molecule has 0 radical (unpaired) electrons. The van der Waals surface area contributed by atoms with Crippen LogP contribution in [0.15, 0.2) is 41.8 Å². The first-order valence-electron chi connectivity index (χ1n) is 6.99. The molecule has 1 amide bonds. The summed E-state index contributed by atoms with van der Waals surface area (Å²) in [6.07, 6.45) is 2.08. The predicted molar refractivity (Wildman–Crippen MR) is 83.6 cm³/mol. The summed E-state index contributed by atoms with van der Waals surface area (Å²) in [7, 11) is 0. The summed E-state index contributed by atoms with van der Waals surface area (Å²) in [4.78, 5) is 13.1. The number of benzene rings is 1. The van der Waals surface area contributed by atoms with Crippen LogP contribution < -0.4 is 11.1 Å². The summed E-state index contributed by atoms with van der Waals surface area (Å²) < 4.78 is 13.1. The van der Waals surface area contributed by atoms with E-state index in [4.69, 9.17) is 5.73 Å². The van der Waals surface area contributed by atoms with Gasteiger partial charge in [-0.05, 0) is 48.5 Å². The standard InChI is InChI=1S/C16H19FN2OS/c17-13-8-6-12(7-9-13)16(14-4-3-11-21-14)19-15(20)5-1-2-10-18/h3-4,6-9,11,16H,1-2,5,10,18H2,(H,19,20). The molecule has 1 heterocycles. The molecule has 1 aromatic carbocycles. The maximum absolute atomic E-state index is 13.1. The topological polar surface area (TPSA) is 55.1 Å². The highest BCUT2D eigenvalue weighted by molar-refractivity contribution is 7.10. The first-order chi connectivity index (χ1) is 10.2. The number of nitrogens with one attached hydrogen (secondary N) is 1. The Labute approximate surface area is 128 Å². The van der Waals surface area contributed by atoms with Crippen LogP contribution in [0, 0.1) is 5.82 Å². The molecule has 21 heavy (non-hydrogen) atoms. The number of nitrogens with two attached hydrogens (primary N) is 1. The molecule has 1 atom stereocenters. The first-order valence-corrected chi connectivity index (χ1v) is 7.87. The van der Waals surface area contributed by atoms with Crippen LogP contribution in [-0.4, -0.2) is 12.5 Å². The van der Waals surface area contributed by atoms with Gasteiger partial charge in [-0.15, -0.1) is 11.3 Å². The molecule has 112 valence electrons. The Bertz CT molecular complexity index is 554. The van der Waals surface area contributed by atoms with Crippen molar-refractivity contribution in [3.05, 3.63) is 58.0 Å². The summed E-state index contributed by atoms with van der Waals surface area (Å²) in [5.41, 5.74) is 6.31. The summed E-state index contributed by atoms with van der Waals surface area (Å²) >= 11 is 1.57. The van der Waals surface area contributed by atoms with Crippen molar-refractivity contribution in [2.45, 2.75) is 25.3 Å². The van der Waals surface area contributed by atoms with E-state index in [1.807, 2.05) is 17.5 Å². The zero-order valence-corrected chi connectivity index (χ0v) is 12.5. The van der Waals surface area contributed by atoms with Gasteiger partial charge in [-0.2, -0.15) is 0 Å². The Balaban J connectivity index is 2.10. The van der Waals surface area contributed by atoms with Crippen molar-refractivity contribution in [3.63, 3.8) is 0 Å². The van der Waals surface area contributed by atoms with E-state index in [1.54, 1.807) is 23.5 Å². The summed E-state index contributed by atoms with van der Waals surface area (Å²) in [5, 5.41) is 4.99. The van der Waals surface area contributed by atoms with Crippen LogP contribution in [0.25, 0.3) is 0 Å². The lowest BCUT2D eigenvalue weighted by molar-refractivity contribution is -0.121. The van der Waals surface area contributed by atoms with Gasteiger partial charge in [0, 0.05) is 11.3 Å². The van der Waals surface area contributed by atoms with Gasteiger partial charge in [-0.1, -0.05) is 18.2 Å². The Kier molecular flexibility index (Phi) is 5.90. The van der Waals surface area contributed by atoms with Gasteiger partial charge in [-0.3, -0.25) is 4.79 Å². The maximum atomic E-state index is 13.1. The highest BCUT2D eigenvalue weighted by atomic mass is 32.1. The number of amides is 1. The molecule has 3 nitrogen and oxygen atoms in total. The fraction of sp³-hybridized carbons (Fsp3) is 0.312. The highest BCUT2D eigenvalue weighted by Crippen LogP contribution is 2.26. The number of hydrogen-bond acceptors (Lipinski definition) is 3. The van der Waals surface area contributed by atoms with Crippen molar-refractivity contribution in [3.8, 4) is 0 Å². The molecule has 0 fully saturated rings. The fourth-order valence-corrected chi connectivity index (χ4v) is 2.90. The average molecular weight is 306 g/mol. The molecule has 1 unspecified atom stereocenters. The molecule has 0 aliphatic heterocycles. The zero-order chi connectivity index (χ0) is 15.1. The number of thiophene rings is 1. The van der Waals surface area contributed by atoms with Crippen molar-refractivity contribution < 1.29 is 9.18 Å². The number of carbonyl (C=O) groups excluding carboxylic acids is 1. The fourth-order valence-electron chi connectivity index (χ4n) is 2.09. The van der Waals surface area contributed by atoms with Crippen molar-refractivity contribution >= 4 is 17.2 Å². The van der Waals surface area contributed by atoms with Crippen LogP contribution in [0.5, 0.6) is 0 Å². The van der Waals surface area contributed by atoms with Crippen LogP contribution in [0.1, 0.15) is 35.7 Å². The molecule has 0 bridgehead atoms. The Morgan fingerprint density at radius 2 is 2.00 bits per heavy atom.